The van der Waals surface area contributed by atoms with Gasteiger partial charge >= 0.3 is 5.97 Å². The molecule has 25 heavy (non-hydrogen) atoms. The molecule has 0 spiro atoms. The number of hydrogen-bond donors (Lipinski definition) is 2. The number of hydrogen-bond acceptors (Lipinski definition) is 3. The molecule has 0 aromatic heterocycles. The lowest BCUT2D eigenvalue weighted by molar-refractivity contribution is -0.141. The fourth-order valence-corrected chi connectivity index (χ4v) is 3.15. The molecule has 1 aliphatic carbocycles. The lowest BCUT2D eigenvalue weighted by Crippen LogP contribution is -2.34. The monoisotopic (exact) mass is 339 g/mol. The molecule has 2 N–H and O–H groups in total. The number of benzene rings is 2. The Morgan fingerprint density at radius 1 is 1.04 bits per heavy atom. The van der Waals surface area contributed by atoms with Crippen molar-refractivity contribution in [3.63, 3.8) is 0 Å². The summed E-state index contributed by atoms with van der Waals surface area (Å²) in [4.78, 5) is 23.6. The Bertz CT molecular complexity index is 744. The Morgan fingerprint density at radius 2 is 1.76 bits per heavy atom. The zero-order valence-electron chi connectivity index (χ0n) is 13.9. The SMILES string of the molecule is O=C(N[C@@H]1CC[C@H](C(=O)O)C1)c1ccccc1COc1ccccc1. The van der Waals surface area contributed by atoms with Gasteiger partial charge in [-0.2, -0.15) is 0 Å². The number of nitrogens with one attached hydrogen (secondary N) is 1. The number of amides is 1. The highest BCUT2D eigenvalue weighted by atomic mass is 16.5. The standard InChI is InChI=1S/C20H21NO4/c22-19(21-16-11-10-14(12-16)20(23)24)18-9-5-4-6-15(18)13-25-17-7-2-1-3-8-17/h1-9,14,16H,10-13H2,(H,21,22)(H,23,24)/t14-,16+/m0/s1. The fourth-order valence-electron chi connectivity index (χ4n) is 3.15. The third-order valence-corrected chi connectivity index (χ3v) is 4.52. The summed E-state index contributed by atoms with van der Waals surface area (Å²) in [6.45, 7) is 0.302. The summed E-state index contributed by atoms with van der Waals surface area (Å²) in [7, 11) is 0. The molecule has 3 rings (SSSR count). The molecule has 0 radical (unpaired) electrons. The normalized spacial score (nSPS) is 19.4. The van der Waals surface area contributed by atoms with E-state index >= 15 is 0 Å². The second kappa shape index (κ2) is 7.83. The summed E-state index contributed by atoms with van der Waals surface area (Å²) < 4.78 is 5.74. The molecule has 130 valence electrons. The molecule has 1 fully saturated rings. The predicted octanol–water partition coefficient (Wildman–Crippen LogP) is 3.25. The highest BCUT2D eigenvalue weighted by Gasteiger charge is 2.30. The van der Waals surface area contributed by atoms with E-state index in [9.17, 15) is 9.59 Å². The van der Waals surface area contributed by atoms with Gasteiger partial charge in [-0.25, -0.2) is 0 Å². The van der Waals surface area contributed by atoms with Crippen molar-refractivity contribution in [2.24, 2.45) is 5.92 Å². The van der Waals surface area contributed by atoms with E-state index in [0.717, 1.165) is 11.3 Å². The van der Waals surface area contributed by atoms with Crippen molar-refractivity contribution in [3.05, 3.63) is 65.7 Å². The largest absolute Gasteiger partial charge is 0.489 e. The number of carboxylic acids is 1. The van der Waals surface area contributed by atoms with Crippen molar-refractivity contribution in [3.8, 4) is 5.75 Å². The molecule has 0 heterocycles. The lowest BCUT2D eigenvalue weighted by Gasteiger charge is -2.15. The van der Waals surface area contributed by atoms with Crippen molar-refractivity contribution >= 4 is 11.9 Å². The molecule has 1 aliphatic rings. The van der Waals surface area contributed by atoms with Crippen LogP contribution in [-0.4, -0.2) is 23.0 Å². The first-order valence-electron chi connectivity index (χ1n) is 8.43. The van der Waals surface area contributed by atoms with E-state index in [-0.39, 0.29) is 17.9 Å². The van der Waals surface area contributed by atoms with E-state index in [1.165, 1.54) is 0 Å². The molecular weight excluding hydrogens is 318 g/mol. The maximum atomic E-state index is 12.6. The van der Waals surface area contributed by atoms with E-state index < -0.39 is 5.97 Å². The van der Waals surface area contributed by atoms with Crippen LogP contribution < -0.4 is 10.1 Å². The maximum Gasteiger partial charge on any atom is 0.306 e. The molecule has 2 atom stereocenters. The van der Waals surface area contributed by atoms with E-state index in [1.807, 2.05) is 48.5 Å². The molecule has 1 saturated carbocycles. The van der Waals surface area contributed by atoms with Crippen LogP contribution in [0.4, 0.5) is 0 Å². The van der Waals surface area contributed by atoms with Crippen molar-refractivity contribution in [2.75, 3.05) is 0 Å². The predicted molar refractivity (Wildman–Crippen MR) is 93.4 cm³/mol. The number of rotatable bonds is 6. The minimum atomic E-state index is -0.784. The number of para-hydroxylation sites is 1. The molecule has 2 aromatic rings. The zero-order valence-corrected chi connectivity index (χ0v) is 13.9. The second-order valence-electron chi connectivity index (χ2n) is 6.28. The van der Waals surface area contributed by atoms with E-state index in [2.05, 4.69) is 5.32 Å². The Balaban J connectivity index is 1.64. The lowest BCUT2D eigenvalue weighted by atomic mass is 10.1. The first kappa shape index (κ1) is 17.0. The van der Waals surface area contributed by atoms with Gasteiger partial charge in [-0.15, -0.1) is 0 Å². The maximum absolute atomic E-state index is 12.6. The van der Waals surface area contributed by atoms with Gasteiger partial charge in [-0.3, -0.25) is 9.59 Å². The summed E-state index contributed by atoms with van der Waals surface area (Å²) >= 11 is 0. The molecule has 1 amide bonds. The van der Waals surface area contributed by atoms with Gasteiger partial charge in [0, 0.05) is 17.2 Å². The van der Waals surface area contributed by atoms with Gasteiger partial charge in [0.1, 0.15) is 12.4 Å². The minimum Gasteiger partial charge on any atom is -0.489 e. The van der Waals surface area contributed by atoms with Crippen LogP contribution in [-0.2, 0) is 11.4 Å². The summed E-state index contributed by atoms with van der Waals surface area (Å²) in [5.74, 6) is -0.573. The third kappa shape index (κ3) is 4.38. The van der Waals surface area contributed by atoms with Gasteiger partial charge < -0.3 is 15.2 Å². The Kier molecular flexibility index (Phi) is 5.33. The quantitative estimate of drug-likeness (QED) is 0.847. The van der Waals surface area contributed by atoms with Crippen LogP contribution in [0.5, 0.6) is 5.75 Å². The topological polar surface area (TPSA) is 75.6 Å². The smallest absolute Gasteiger partial charge is 0.306 e. The van der Waals surface area contributed by atoms with Crippen LogP contribution in [0.2, 0.25) is 0 Å². The molecule has 0 bridgehead atoms. The zero-order chi connectivity index (χ0) is 17.6. The van der Waals surface area contributed by atoms with Crippen molar-refractivity contribution < 1.29 is 19.4 Å². The average molecular weight is 339 g/mol. The first-order valence-corrected chi connectivity index (χ1v) is 8.43. The molecule has 0 unspecified atom stereocenters. The number of ether oxygens (including phenoxy) is 1. The summed E-state index contributed by atoms with van der Waals surface area (Å²) in [5.41, 5.74) is 1.37. The van der Waals surface area contributed by atoms with Crippen LogP contribution in [0.15, 0.2) is 54.6 Å². The summed E-state index contributed by atoms with van der Waals surface area (Å²) in [5, 5.41) is 12.0. The van der Waals surface area contributed by atoms with E-state index in [0.29, 0.717) is 31.4 Å². The van der Waals surface area contributed by atoms with Crippen LogP contribution in [0.3, 0.4) is 0 Å². The molecular formula is C20H21NO4. The van der Waals surface area contributed by atoms with Crippen molar-refractivity contribution in [2.45, 2.75) is 31.9 Å². The van der Waals surface area contributed by atoms with Gasteiger partial charge in [0.05, 0.1) is 5.92 Å². The minimum absolute atomic E-state index is 0.0864. The number of carboxylic acid groups (broad SMARTS) is 1. The Morgan fingerprint density at radius 3 is 2.48 bits per heavy atom. The molecule has 0 aliphatic heterocycles. The third-order valence-electron chi connectivity index (χ3n) is 4.52. The number of carbonyl (C=O) groups is 2. The van der Waals surface area contributed by atoms with Gasteiger partial charge in [0.25, 0.3) is 5.91 Å². The average Bonchev–Trinajstić information content (AvgIpc) is 3.10. The van der Waals surface area contributed by atoms with E-state index in [4.69, 9.17) is 9.84 Å². The molecule has 0 saturated heterocycles. The van der Waals surface area contributed by atoms with Gasteiger partial charge in [-0.05, 0) is 37.5 Å². The van der Waals surface area contributed by atoms with Crippen molar-refractivity contribution in [1.29, 1.82) is 0 Å². The second-order valence-corrected chi connectivity index (χ2v) is 6.28. The van der Waals surface area contributed by atoms with Gasteiger partial charge in [-0.1, -0.05) is 36.4 Å². The molecule has 5 heteroatoms. The Labute approximate surface area is 146 Å². The van der Waals surface area contributed by atoms with Crippen molar-refractivity contribution in [1.82, 2.24) is 5.32 Å². The highest BCUT2D eigenvalue weighted by Crippen LogP contribution is 2.26. The summed E-state index contributed by atoms with van der Waals surface area (Å²) in [6, 6.07) is 16.7. The first-order chi connectivity index (χ1) is 12.1. The molecule has 5 nitrogen and oxygen atoms in total. The summed E-state index contributed by atoms with van der Waals surface area (Å²) in [6.07, 6.45) is 1.80. The van der Waals surface area contributed by atoms with E-state index in [1.54, 1.807) is 6.07 Å². The van der Waals surface area contributed by atoms with Crippen LogP contribution in [0.25, 0.3) is 0 Å². The van der Waals surface area contributed by atoms with Crippen LogP contribution in [0.1, 0.15) is 35.2 Å². The van der Waals surface area contributed by atoms with Crippen LogP contribution >= 0.6 is 0 Å². The molecule has 2 aromatic carbocycles. The van der Waals surface area contributed by atoms with Gasteiger partial charge in [0.2, 0.25) is 0 Å². The fraction of sp³-hybridized carbons (Fsp3) is 0.300. The highest BCUT2D eigenvalue weighted by molar-refractivity contribution is 5.95. The van der Waals surface area contributed by atoms with Gasteiger partial charge in [0.15, 0.2) is 0 Å². The Hall–Kier alpha value is -2.82. The number of carbonyl (C=O) groups excluding carboxylic acids is 1. The number of aliphatic carboxylic acids is 1. The van der Waals surface area contributed by atoms with Crippen LogP contribution in [0, 0.1) is 5.92 Å².